The van der Waals surface area contributed by atoms with Crippen LogP contribution in [-0.2, 0) is 6.54 Å². The van der Waals surface area contributed by atoms with Gasteiger partial charge in [0.1, 0.15) is 0 Å². The first-order valence-corrected chi connectivity index (χ1v) is 10.9. The maximum atomic E-state index is 12.6. The molecule has 8 heteroatoms. The summed E-state index contributed by atoms with van der Waals surface area (Å²) in [7, 11) is 0. The first-order chi connectivity index (χ1) is 15.1. The Kier molecular flexibility index (Phi) is 6.61. The van der Waals surface area contributed by atoms with Crippen LogP contribution in [0.4, 0.5) is 5.69 Å². The van der Waals surface area contributed by atoms with Gasteiger partial charge >= 0.3 is 0 Å². The van der Waals surface area contributed by atoms with Crippen molar-refractivity contribution in [3.05, 3.63) is 76.7 Å². The molecule has 0 spiro atoms. The molecule has 31 heavy (non-hydrogen) atoms. The molecule has 1 aromatic heterocycles. The van der Waals surface area contributed by atoms with Crippen molar-refractivity contribution in [3.63, 3.8) is 0 Å². The second-order valence-electron chi connectivity index (χ2n) is 7.27. The van der Waals surface area contributed by atoms with E-state index in [1.807, 2.05) is 54.6 Å². The van der Waals surface area contributed by atoms with Crippen LogP contribution < -0.4 is 21.0 Å². The molecular weight excluding hydrogens is 412 g/mol. The number of rotatable bonds is 6. The lowest BCUT2D eigenvalue weighted by Crippen LogP contribution is -2.43. The van der Waals surface area contributed by atoms with Crippen molar-refractivity contribution in [1.29, 1.82) is 0 Å². The zero-order valence-electron chi connectivity index (χ0n) is 16.9. The Morgan fingerprint density at radius 2 is 1.77 bits per heavy atom. The van der Waals surface area contributed by atoms with Crippen LogP contribution in [0, 0.1) is 0 Å². The fourth-order valence-corrected chi connectivity index (χ4v) is 4.43. The molecule has 0 aliphatic carbocycles. The fourth-order valence-electron chi connectivity index (χ4n) is 3.54. The molecule has 0 bridgehead atoms. The summed E-state index contributed by atoms with van der Waals surface area (Å²) < 4.78 is 0. The smallest absolute Gasteiger partial charge is 0.284 e. The minimum absolute atomic E-state index is 0.115. The number of amides is 2. The molecule has 3 aromatic rings. The van der Waals surface area contributed by atoms with Crippen LogP contribution in [0.5, 0.6) is 0 Å². The van der Waals surface area contributed by atoms with Crippen molar-refractivity contribution in [2.75, 3.05) is 31.1 Å². The van der Waals surface area contributed by atoms with Crippen molar-refractivity contribution in [1.82, 2.24) is 16.1 Å². The minimum atomic E-state index is -0.525. The highest BCUT2D eigenvalue weighted by Crippen LogP contribution is 2.28. The summed E-state index contributed by atoms with van der Waals surface area (Å²) in [6.07, 6.45) is 0. The van der Waals surface area contributed by atoms with E-state index in [1.54, 1.807) is 11.5 Å². The Morgan fingerprint density at radius 1 is 1.00 bits per heavy atom. The van der Waals surface area contributed by atoms with Crippen LogP contribution >= 0.6 is 11.3 Å². The van der Waals surface area contributed by atoms with E-state index in [0.717, 1.165) is 47.9 Å². The van der Waals surface area contributed by atoms with E-state index in [0.29, 0.717) is 17.0 Å². The van der Waals surface area contributed by atoms with Gasteiger partial charge in [-0.2, -0.15) is 0 Å². The summed E-state index contributed by atoms with van der Waals surface area (Å²) in [5.41, 5.74) is 5.33. The third-order valence-corrected chi connectivity index (χ3v) is 6.34. The molecule has 1 fully saturated rings. The second-order valence-corrected chi connectivity index (χ2v) is 8.36. The number of nitrogens with one attached hydrogen (secondary N) is 3. The summed E-state index contributed by atoms with van der Waals surface area (Å²) in [5, 5.41) is 15.1. The Bertz CT molecular complexity index is 1060. The highest BCUT2D eigenvalue weighted by molar-refractivity contribution is 7.17. The average molecular weight is 437 g/mol. The van der Waals surface area contributed by atoms with E-state index in [4.69, 9.17) is 5.21 Å². The lowest BCUT2D eigenvalue weighted by atomic mass is 10.1. The second kappa shape index (κ2) is 9.74. The number of nitrogens with zero attached hydrogens (tertiary/aromatic N) is 1. The normalized spacial score (nSPS) is 13.6. The number of anilines is 1. The van der Waals surface area contributed by atoms with Gasteiger partial charge in [-0.3, -0.25) is 14.8 Å². The van der Waals surface area contributed by atoms with Crippen molar-refractivity contribution in [3.8, 4) is 10.4 Å². The highest BCUT2D eigenvalue weighted by atomic mass is 32.1. The van der Waals surface area contributed by atoms with Gasteiger partial charge in [0, 0.05) is 48.9 Å². The standard InChI is InChI=1S/C23H24N4O3S/c28-22(17-4-6-19(7-5-17)27-12-10-24-11-13-27)25-15-16-2-1-3-18(14-16)20-8-9-21(31-20)23(29)26-30/h1-9,14,24,30H,10-13,15H2,(H,25,28)(H,26,29). The molecule has 2 amide bonds. The molecule has 4 N–H and O–H groups in total. The van der Waals surface area contributed by atoms with Gasteiger partial charge in [0.15, 0.2) is 0 Å². The Balaban J connectivity index is 1.37. The van der Waals surface area contributed by atoms with Crippen LogP contribution in [0.25, 0.3) is 10.4 Å². The summed E-state index contributed by atoms with van der Waals surface area (Å²) in [4.78, 5) is 27.8. The van der Waals surface area contributed by atoms with Crippen LogP contribution in [-0.4, -0.2) is 43.2 Å². The van der Waals surface area contributed by atoms with Crippen molar-refractivity contribution < 1.29 is 14.8 Å². The van der Waals surface area contributed by atoms with Crippen LogP contribution in [0.1, 0.15) is 25.6 Å². The summed E-state index contributed by atoms with van der Waals surface area (Å²) in [5.74, 6) is -0.641. The topological polar surface area (TPSA) is 93.7 Å². The van der Waals surface area contributed by atoms with Gasteiger partial charge in [-0.05, 0) is 53.6 Å². The number of benzene rings is 2. The lowest BCUT2D eigenvalue weighted by molar-refractivity contribution is 0.0711. The Hall–Kier alpha value is -3.20. The van der Waals surface area contributed by atoms with Gasteiger partial charge in [-0.1, -0.05) is 18.2 Å². The molecule has 0 unspecified atom stereocenters. The van der Waals surface area contributed by atoms with Gasteiger partial charge in [0.05, 0.1) is 4.88 Å². The molecule has 0 radical (unpaired) electrons. The largest absolute Gasteiger partial charge is 0.369 e. The van der Waals surface area contributed by atoms with E-state index in [1.165, 1.54) is 11.3 Å². The van der Waals surface area contributed by atoms with E-state index < -0.39 is 5.91 Å². The SMILES string of the molecule is O=C(NCc1cccc(-c2ccc(C(=O)NO)s2)c1)c1ccc(N2CCNCC2)cc1. The molecule has 2 heterocycles. The van der Waals surface area contributed by atoms with E-state index in [9.17, 15) is 9.59 Å². The van der Waals surface area contributed by atoms with E-state index in [2.05, 4.69) is 15.5 Å². The molecule has 1 aliphatic rings. The first-order valence-electron chi connectivity index (χ1n) is 10.1. The number of carbonyl (C=O) groups excluding carboxylic acids is 2. The quantitative estimate of drug-likeness (QED) is 0.352. The molecule has 2 aromatic carbocycles. The van der Waals surface area contributed by atoms with Crippen LogP contribution in [0.3, 0.4) is 0 Å². The van der Waals surface area contributed by atoms with Gasteiger partial charge < -0.3 is 15.5 Å². The average Bonchev–Trinajstić information content (AvgIpc) is 3.33. The summed E-state index contributed by atoms with van der Waals surface area (Å²) in [6, 6.07) is 19.0. The number of hydroxylamine groups is 1. The van der Waals surface area contributed by atoms with E-state index >= 15 is 0 Å². The minimum Gasteiger partial charge on any atom is -0.369 e. The third-order valence-electron chi connectivity index (χ3n) is 5.21. The third kappa shape index (κ3) is 5.11. The fraction of sp³-hybridized carbons (Fsp3) is 0.217. The Labute approximate surface area is 184 Å². The number of carbonyl (C=O) groups is 2. The number of hydrogen-bond donors (Lipinski definition) is 4. The van der Waals surface area contributed by atoms with Crippen LogP contribution in [0.15, 0.2) is 60.7 Å². The zero-order valence-corrected chi connectivity index (χ0v) is 17.7. The molecule has 0 atom stereocenters. The van der Waals surface area contributed by atoms with Crippen molar-refractivity contribution in [2.45, 2.75) is 6.54 Å². The van der Waals surface area contributed by atoms with Crippen molar-refractivity contribution >= 4 is 28.8 Å². The molecule has 0 saturated carbocycles. The lowest BCUT2D eigenvalue weighted by Gasteiger charge is -2.29. The molecule has 4 rings (SSSR count). The molecule has 7 nitrogen and oxygen atoms in total. The predicted octanol–water partition coefficient (Wildman–Crippen LogP) is 2.87. The first kappa shape index (κ1) is 21.0. The highest BCUT2D eigenvalue weighted by Gasteiger charge is 2.12. The monoisotopic (exact) mass is 436 g/mol. The van der Waals surface area contributed by atoms with Crippen LogP contribution in [0.2, 0.25) is 0 Å². The van der Waals surface area contributed by atoms with Crippen molar-refractivity contribution in [2.24, 2.45) is 0 Å². The predicted molar refractivity (Wildman–Crippen MR) is 122 cm³/mol. The molecule has 160 valence electrons. The number of thiophene rings is 1. The van der Waals surface area contributed by atoms with Gasteiger partial charge in [-0.25, -0.2) is 5.48 Å². The summed E-state index contributed by atoms with van der Waals surface area (Å²) in [6.45, 7) is 4.30. The van der Waals surface area contributed by atoms with Gasteiger partial charge in [0.2, 0.25) is 0 Å². The molecule has 1 saturated heterocycles. The molecular formula is C23H24N4O3S. The summed E-state index contributed by atoms with van der Waals surface area (Å²) >= 11 is 1.29. The van der Waals surface area contributed by atoms with E-state index in [-0.39, 0.29) is 5.91 Å². The maximum absolute atomic E-state index is 12.6. The zero-order chi connectivity index (χ0) is 21.6. The number of hydrogen-bond acceptors (Lipinski definition) is 6. The molecule has 1 aliphatic heterocycles. The Morgan fingerprint density at radius 3 is 2.52 bits per heavy atom. The number of piperazine rings is 1. The van der Waals surface area contributed by atoms with Gasteiger partial charge in [0.25, 0.3) is 11.8 Å². The maximum Gasteiger partial charge on any atom is 0.284 e. The van der Waals surface area contributed by atoms with Gasteiger partial charge in [-0.15, -0.1) is 11.3 Å².